The minimum Gasteiger partial charge on any atom is -0.454 e. The van der Waals surface area contributed by atoms with Crippen molar-refractivity contribution in [3.8, 4) is 11.5 Å². The highest BCUT2D eigenvalue weighted by molar-refractivity contribution is 5.64. The maximum Gasteiger partial charge on any atom is 0.231 e. The number of hydrogen-bond acceptors (Lipinski definition) is 4. The monoisotopic (exact) mass is 221 g/mol. The molecule has 16 heavy (non-hydrogen) atoms. The molecule has 0 saturated heterocycles. The third kappa shape index (κ3) is 1.76. The Morgan fingerprint density at radius 1 is 1.31 bits per heavy atom. The molecule has 0 aromatic heterocycles. The number of nitrogens with zero attached hydrogens (tertiary/aromatic N) is 1. The number of aldehydes is 1. The Balaban J connectivity index is 2.44. The topological polar surface area (TPSA) is 38.8 Å². The minimum atomic E-state index is -0.241. The van der Waals surface area contributed by atoms with Gasteiger partial charge in [-0.05, 0) is 44.3 Å². The number of fused-ring (bicyclic) bond motifs is 1. The highest BCUT2D eigenvalue weighted by Gasteiger charge is 2.21. The van der Waals surface area contributed by atoms with Crippen LogP contribution in [-0.2, 0) is 4.79 Å². The van der Waals surface area contributed by atoms with E-state index in [4.69, 9.17) is 9.47 Å². The van der Waals surface area contributed by atoms with Gasteiger partial charge in [-0.25, -0.2) is 0 Å². The Morgan fingerprint density at radius 2 is 1.94 bits per heavy atom. The molecule has 0 bridgehead atoms. The zero-order valence-electron chi connectivity index (χ0n) is 9.69. The van der Waals surface area contributed by atoms with Crippen molar-refractivity contribution in [2.75, 3.05) is 20.9 Å². The summed E-state index contributed by atoms with van der Waals surface area (Å²) in [5.41, 5.74) is 2.00. The summed E-state index contributed by atoms with van der Waals surface area (Å²) in [6.45, 7) is 2.23. The fourth-order valence-electron chi connectivity index (χ4n) is 1.85. The lowest BCUT2D eigenvalue weighted by atomic mass is 10.0. The van der Waals surface area contributed by atoms with Gasteiger partial charge < -0.3 is 14.3 Å². The van der Waals surface area contributed by atoms with Crippen molar-refractivity contribution >= 4 is 6.29 Å². The normalized spacial score (nSPS) is 15.2. The molecule has 4 nitrogen and oxygen atoms in total. The van der Waals surface area contributed by atoms with E-state index in [1.807, 2.05) is 38.1 Å². The zero-order valence-corrected chi connectivity index (χ0v) is 9.69. The molecule has 0 spiro atoms. The molecule has 86 valence electrons. The molecule has 0 aliphatic carbocycles. The van der Waals surface area contributed by atoms with Gasteiger partial charge in [0.05, 0.1) is 6.04 Å². The van der Waals surface area contributed by atoms with Crippen LogP contribution in [-0.4, -0.2) is 32.1 Å². The number of carbonyl (C=O) groups excluding carboxylic acids is 1. The van der Waals surface area contributed by atoms with Crippen LogP contribution < -0.4 is 9.47 Å². The average Bonchev–Trinajstić information content (AvgIpc) is 2.65. The number of carbonyl (C=O) groups is 1. The van der Waals surface area contributed by atoms with Gasteiger partial charge in [0.1, 0.15) is 6.29 Å². The smallest absolute Gasteiger partial charge is 0.231 e. The van der Waals surface area contributed by atoms with Crippen molar-refractivity contribution < 1.29 is 14.3 Å². The quantitative estimate of drug-likeness (QED) is 0.725. The molecule has 0 amide bonds. The van der Waals surface area contributed by atoms with E-state index in [1.54, 1.807) is 0 Å². The van der Waals surface area contributed by atoms with E-state index in [-0.39, 0.29) is 12.8 Å². The second kappa shape index (κ2) is 4.14. The van der Waals surface area contributed by atoms with Crippen molar-refractivity contribution in [2.45, 2.75) is 13.0 Å². The molecular weight excluding hydrogens is 206 g/mol. The Morgan fingerprint density at radius 3 is 2.50 bits per heavy atom. The van der Waals surface area contributed by atoms with Crippen molar-refractivity contribution in [1.29, 1.82) is 0 Å². The van der Waals surface area contributed by atoms with E-state index in [0.29, 0.717) is 5.75 Å². The van der Waals surface area contributed by atoms with Crippen LogP contribution >= 0.6 is 0 Å². The molecule has 0 fully saturated rings. The van der Waals surface area contributed by atoms with E-state index in [9.17, 15) is 4.79 Å². The van der Waals surface area contributed by atoms with Gasteiger partial charge in [-0.15, -0.1) is 0 Å². The molecule has 4 heteroatoms. The minimum absolute atomic E-state index is 0.241. The maximum atomic E-state index is 11.1. The standard InChI is InChI=1S/C12H15NO3/c1-8-4-11-12(16-7-15-11)5-9(8)10(6-14)13(2)3/h4-6,10H,7H2,1-3H3. The molecule has 2 rings (SSSR count). The van der Waals surface area contributed by atoms with Gasteiger partial charge in [-0.1, -0.05) is 0 Å². The molecule has 1 unspecified atom stereocenters. The molecule has 1 aliphatic heterocycles. The Hall–Kier alpha value is -1.55. The fraction of sp³-hybridized carbons (Fsp3) is 0.417. The van der Waals surface area contributed by atoms with Crippen LogP contribution in [0.4, 0.5) is 0 Å². The van der Waals surface area contributed by atoms with Crippen LogP contribution in [0, 0.1) is 6.92 Å². The molecular formula is C12H15NO3. The third-order valence-electron chi connectivity index (χ3n) is 2.77. The Bertz CT molecular complexity index is 415. The maximum absolute atomic E-state index is 11.1. The second-order valence-electron chi connectivity index (χ2n) is 4.11. The van der Waals surface area contributed by atoms with Crippen LogP contribution in [0.1, 0.15) is 17.2 Å². The SMILES string of the molecule is Cc1cc2c(cc1C(C=O)N(C)C)OCO2. The first kappa shape index (κ1) is 11.0. The van der Waals surface area contributed by atoms with E-state index in [0.717, 1.165) is 23.2 Å². The van der Waals surface area contributed by atoms with Gasteiger partial charge in [0.15, 0.2) is 11.5 Å². The number of likely N-dealkylation sites (N-methyl/N-ethyl adjacent to an activating group) is 1. The van der Waals surface area contributed by atoms with E-state index in [1.165, 1.54) is 0 Å². The zero-order chi connectivity index (χ0) is 11.7. The summed E-state index contributed by atoms with van der Waals surface area (Å²) >= 11 is 0. The summed E-state index contributed by atoms with van der Waals surface area (Å²) in [6, 6.07) is 3.56. The van der Waals surface area contributed by atoms with Crippen molar-refractivity contribution in [2.24, 2.45) is 0 Å². The molecule has 1 aliphatic rings. The van der Waals surface area contributed by atoms with Gasteiger partial charge in [-0.2, -0.15) is 0 Å². The molecule has 0 radical (unpaired) electrons. The summed E-state index contributed by atoms with van der Waals surface area (Å²) < 4.78 is 10.6. The van der Waals surface area contributed by atoms with Crippen molar-refractivity contribution in [1.82, 2.24) is 4.90 Å². The second-order valence-corrected chi connectivity index (χ2v) is 4.11. The number of aryl methyl sites for hydroxylation is 1. The number of benzene rings is 1. The van der Waals surface area contributed by atoms with Gasteiger partial charge in [0, 0.05) is 0 Å². The summed E-state index contributed by atoms with van der Waals surface area (Å²) in [4.78, 5) is 13.0. The first-order valence-electron chi connectivity index (χ1n) is 5.15. The van der Waals surface area contributed by atoms with Gasteiger partial charge in [0.2, 0.25) is 6.79 Å². The molecule has 0 N–H and O–H groups in total. The van der Waals surface area contributed by atoms with Crippen LogP contribution in [0.3, 0.4) is 0 Å². The number of hydrogen-bond donors (Lipinski definition) is 0. The van der Waals surface area contributed by atoms with E-state index >= 15 is 0 Å². The fourth-order valence-corrected chi connectivity index (χ4v) is 1.85. The summed E-state index contributed by atoms with van der Waals surface area (Å²) in [5.74, 6) is 1.47. The van der Waals surface area contributed by atoms with Gasteiger partial charge in [0.25, 0.3) is 0 Å². The van der Waals surface area contributed by atoms with Gasteiger partial charge in [-0.3, -0.25) is 4.90 Å². The highest BCUT2D eigenvalue weighted by atomic mass is 16.7. The van der Waals surface area contributed by atoms with Gasteiger partial charge >= 0.3 is 0 Å². The molecule has 1 atom stereocenters. The predicted octanol–water partition coefficient (Wildman–Crippen LogP) is 1.53. The van der Waals surface area contributed by atoms with Crippen molar-refractivity contribution in [3.63, 3.8) is 0 Å². The lowest BCUT2D eigenvalue weighted by Gasteiger charge is -2.20. The first-order valence-corrected chi connectivity index (χ1v) is 5.15. The molecule has 0 saturated carbocycles. The highest BCUT2D eigenvalue weighted by Crippen LogP contribution is 2.36. The lowest BCUT2D eigenvalue weighted by molar-refractivity contribution is -0.111. The Labute approximate surface area is 94.8 Å². The van der Waals surface area contributed by atoms with Crippen LogP contribution in [0.2, 0.25) is 0 Å². The van der Waals surface area contributed by atoms with Crippen molar-refractivity contribution in [3.05, 3.63) is 23.3 Å². The van der Waals surface area contributed by atoms with Crippen LogP contribution in [0.15, 0.2) is 12.1 Å². The molecule has 1 aromatic carbocycles. The summed E-state index contributed by atoms with van der Waals surface area (Å²) in [7, 11) is 3.76. The predicted molar refractivity (Wildman–Crippen MR) is 59.8 cm³/mol. The lowest BCUT2D eigenvalue weighted by Crippen LogP contribution is -2.21. The molecule has 1 aromatic rings. The van der Waals surface area contributed by atoms with Crippen LogP contribution in [0.5, 0.6) is 11.5 Å². The largest absolute Gasteiger partial charge is 0.454 e. The average molecular weight is 221 g/mol. The number of rotatable bonds is 3. The third-order valence-corrected chi connectivity index (χ3v) is 2.77. The van der Waals surface area contributed by atoms with E-state index in [2.05, 4.69) is 0 Å². The summed E-state index contributed by atoms with van der Waals surface area (Å²) in [6.07, 6.45) is 0.935. The first-order chi connectivity index (χ1) is 7.63. The Kier molecular flexibility index (Phi) is 2.83. The van der Waals surface area contributed by atoms with Crippen LogP contribution in [0.25, 0.3) is 0 Å². The number of ether oxygens (including phenoxy) is 2. The molecule has 1 heterocycles. The summed E-state index contributed by atoms with van der Waals surface area (Å²) in [5, 5.41) is 0. The van der Waals surface area contributed by atoms with E-state index < -0.39 is 0 Å².